The highest BCUT2D eigenvalue weighted by Gasteiger charge is 1.95. The van der Waals surface area contributed by atoms with Gasteiger partial charge >= 0.3 is 5.97 Å². The third-order valence-electron chi connectivity index (χ3n) is 5.16. The second-order valence-electron chi connectivity index (χ2n) is 8.22. The van der Waals surface area contributed by atoms with Crippen molar-refractivity contribution in [3.8, 4) is 0 Å². The van der Waals surface area contributed by atoms with Crippen molar-refractivity contribution in [2.24, 2.45) is 0 Å². The normalized spacial score (nSPS) is 10.9. The Morgan fingerprint density at radius 1 is 0.586 bits per heavy atom. The Hall–Kier alpha value is -0.830. The number of allylic oxidation sites excluding steroid dienone is 2. The molecule has 3 nitrogen and oxygen atoms in total. The molecule has 0 heterocycles. The molecule has 0 aromatic rings. The van der Waals surface area contributed by atoms with E-state index in [0.717, 1.165) is 19.3 Å². The predicted octanol–water partition coefficient (Wildman–Crippen LogP) is 8.45. The zero-order valence-electron chi connectivity index (χ0n) is 19.8. The van der Waals surface area contributed by atoms with Crippen LogP contribution in [0.4, 0.5) is 0 Å². The fourth-order valence-corrected chi connectivity index (χ4v) is 3.24. The monoisotopic (exact) mass is 412 g/mol. The topological polar surface area (TPSA) is 57.5 Å². The van der Waals surface area contributed by atoms with Crippen molar-refractivity contribution in [1.29, 1.82) is 0 Å². The summed E-state index contributed by atoms with van der Waals surface area (Å²) in [6.45, 7) is 4.84. The number of unbranched alkanes of at least 4 members (excludes halogenated alkanes) is 16. The molecule has 2 N–H and O–H groups in total. The van der Waals surface area contributed by atoms with Crippen LogP contribution in [0.15, 0.2) is 12.2 Å². The fraction of sp³-hybridized carbons (Fsp3) is 0.885. The molecule has 0 aromatic carbocycles. The Morgan fingerprint density at radius 2 is 0.966 bits per heavy atom. The summed E-state index contributed by atoms with van der Waals surface area (Å²) in [5.74, 6) is -0.664. The molecule has 29 heavy (non-hydrogen) atoms. The number of aliphatic carboxylic acids is 1. The number of hydrogen-bond donors (Lipinski definition) is 2. The summed E-state index contributed by atoms with van der Waals surface area (Å²) in [6, 6.07) is 0. The van der Waals surface area contributed by atoms with E-state index in [1.807, 2.05) is 0 Å². The standard InChI is InChI=1S/C18H34O2.C8H18O/c1-2-3-4-5-6-7-8-9-10-11-12-13-14-15-16-17-18(19)20;1-2-3-4-5-6-7-8-9/h9-10H,2-8,11-17H2,1H3,(H,19,20);9H,2-8H2,1H3. The Kier molecular flexibility index (Phi) is 30.8. The van der Waals surface area contributed by atoms with Gasteiger partial charge in [0.05, 0.1) is 0 Å². The van der Waals surface area contributed by atoms with Gasteiger partial charge in [-0.3, -0.25) is 4.79 Å². The van der Waals surface area contributed by atoms with E-state index in [2.05, 4.69) is 26.0 Å². The van der Waals surface area contributed by atoms with Crippen molar-refractivity contribution in [3.63, 3.8) is 0 Å². The molecular weight excluding hydrogens is 360 g/mol. The Bertz CT molecular complexity index is 320. The molecule has 0 aliphatic carbocycles. The molecule has 0 radical (unpaired) electrons. The maximum absolute atomic E-state index is 10.3. The van der Waals surface area contributed by atoms with E-state index in [1.165, 1.54) is 103 Å². The highest BCUT2D eigenvalue weighted by Crippen LogP contribution is 2.09. The average Bonchev–Trinajstić information content (AvgIpc) is 2.71. The molecule has 0 spiro atoms. The minimum Gasteiger partial charge on any atom is -0.481 e. The first-order chi connectivity index (χ1) is 14.2. The number of carboxylic acid groups (broad SMARTS) is 1. The van der Waals surface area contributed by atoms with Gasteiger partial charge in [-0.05, 0) is 38.5 Å². The smallest absolute Gasteiger partial charge is 0.303 e. The van der Waals surface area contributed by atoms with Gasteiger partial charge in [0, 0.05) is 13.0 Å². The molecule has 0 bridgehead atoms. The van der Waals surface area contributed by atoms with Crippen LogP contribution in [0.1, 0.15) is 142 Å². The molecule has 0 amide bonds. The zero-order valence-corrected chi connectivity index (χ0v) is 19.8. The lowest BCUT2D eigenvalue weighted by Gasteiger charge is -1.99. The second kappa shape index (κ2) is 29.4. The molecule has 0 fully saturated rings. The first kappa shape index (κ1) is 30.4. The Labute approximate surface area is 182 Å². The van der Waals surface area contributed by atoms with E-state index in [9.17, 15) is 4.79 Å². The first-order valence-corrected chi connectivity index (χ1v) is 12.7. The summed E-state index contributed by atoms with van der Waals surface area (Å²) in [5.41, 5.74) is 0. The summed E-state index contributed by atoms with van der Waals surface area (Å²) in [7, 11) is 0. The minimum absolute atomic E-state index is 0.332. The highest BCUT2D eigenvalue weighted by molar-refractivity contribution is 5.66. The third-order valence-corrected chi connectivity index (χ3v) is 5.16. The number of carbonyl (C=O) groups is 1. The van der Waals surface area contributed by atoms with Gasteiger partial charge in [0.1, 0.15) is 0 Å². The van der Waals surface area contributed by atoms with Gasteiger partial charge in [-0.15, -0.1) is 0 Å². The van der Waals surface area contributed by atoms with Crippen molar-refractivity contribution >= 4 is 5.97 Å². The SMILES string of the molecule is CCCCCCCCC=CCCCCCCCC(=O)O.CCCCCCCCO. The van der Waals surface area contributed by atoms with Crippen LogP contribution in [0.2, 0.25) is 0 Å². The zero-order chi connectivity index (χ0) is 21.8. The van der Waals surface area contributed by atoms with Gasteiger partial charge in [0.25, 0.3) is 0 Å². The van der Waals surface area contributed by atoms with E-state index in [4.69, 9.17) is 10.2 Å². The Balaban J connectivity index is 0. The summed E-state index contributed by atoms with van der Waals surface area (Å²) < 4.78 is 0. The van der Waals surface area contributed by atoms with Crippen LogP contribution in [0.25, 0.3) is 0 Å². The van der Waals surface area contributed by atoms with E-state index in [1.54, 1.807) is 0 Å². The molecule has 174 valence electrons. The van der Waals surface area contributed by atoms with Gasteiger partial charge in [-0.1, -0.05) is 109 Å². The molecule has 0 aliphatic heterocycles. The molecule has 0 saturated carbocycles. The lowest BCUT2D eigenvalue weighted by atomic mass is 10.1. The maximum atomic E-state index is 10.3. The van der Waals surface area contributed by atoms with Gasteiger partial charge < -0.3 is 10.2 Å². The van der Waals surface area contributed by atoms with E-state index >= 15 is 0 Å². The lowest BCUT2D eigenvalue weighted by Crippen LogP contribution is -1.93. The van der Waals surface area contributed by atoms with Gasteiger partial charge in [-0.25, -0.2) is 0 Å². The molecule has 0 unspecified atom stereocenters. The van der Waals surface area contributed by atoms with Crippen LogP contribution in [0.3, 0.4) is 0 Å². The van der Waals surface area contributed by atoms with E-state index in [0.29, 0.717) is 13.0 Å². The van der Waals surface area contributed by atoms with Gasteiger partial charge in [0.2, 0.25) is 0 Å². The minimum atomic E-state index is -0.664. The number of aliphatic hydroxyl groups is 1. The number of carboxylic acids is 1. The van der Waals surface area contributed by atoms with E-state index < -0.39 is 5.97 Å². The fourth-order valence-electron chi connectivity index (χ4n) is 3.24. The van der Waals surface area contributed by atoms with Crippen LogP contribution >= 0.6 is 0 Å². The van der Waals surface area contributed by atoms with Gasteiger partial charge in [0.15, 0.2) is 0 Å². The van der Waals surface area contributed by atoms with Crippen molar-refractivity contribution < 1.29 is 15.0 Å². The molecular formula is C26H52O3. The molecule has 0 saturated heterocycles. The van der Waals surface area contributed by atoms with Crippen molar-refractivity contribution in [1.82, 2.24) is 0 Å². The summed E-state index contributed by atoms with van der Waals surface area (Å²) >= 11 is 0. The molecule has 0 atom stereocenters. The predicted molar refractivity (Wildman–Crippen MR) is 128 cm³/mol. The molecule has 0 aromatic heterocycles. The van der Waals surface area contributed by atoms with Crippen LogP contribution in [0.5, 0.6) is 0 Å². The third kappa shape index (κ3) is 35.0. The summed E-state index contributed by atoms with van der Waals surface area (Å²) in [4.78, 5) is 10.3. The number of hydrogen-bond acceptors (Lipinski definition) is 2. The average molecular weight is 413 g/mol. The molecule has 3 heteroatoms. The van der Waals surface area contributed by atoms with Crippen LogP contribution in [0, 0.1) is 0 Å². The lowest BCUT2D eigenvalue weighted by molar-refractivity contribution is -0.137. The van der Waals surface area contributed by atoms with Crippen LogP contribution in [-0.4, -0.2) is 22.8 Å². The van der Waals surface area contributed by atoms with Crippen molar-refractivity contribution in [3.05, 3.63) is 12.2 Å². The maximum Gasteiger partial charge on any atom is 0.303 e. The Morgan fingerprint density at radius 3 is 1.38 bits per heavy atom. The van der Waals surface area contributed by atoms with E-state index in [-0.39, 0.29) is 0 Å². The molecule has 0 aliphatic rings. The highest BCUT2D eigenvalue weighted by atomic mass is 16.4. The summed E-state index contributed by atoms with van der Waals surface area (Å²) in [6.07, 6.45) is 28.7. The van der Waals surface area contributed by atoms with Crippen molar-refractivity contribution in [2.45, 2.75) is 142 Å². The first-order valence-electron chi connectivity index (χ1n) is 12.7. The largest absolute Gasteiger partial charge is 0.481 e. The van der Waals surface area contributed by atoms with Crippen molar-refractivity contribution in [2.75, 3.05) is 6.61 Å². The van der Waals surface area contributed by atoms with Crippen LogP contribution in [-0.2, 0) is 4.79 Å². The molecule has 0 rings (SSSR count). The summed E-state index contributed by atoms with van der Waals surface area (Å²) in [5, 5.41) is 16.9. The quantitative estimate of drug-likeness (QED) is 0.147. The number of rotatable bonds is 21. The van der Waals surface area contributed by atoms with Gasteiger partial charge in [-0.2, -0.15) is 0 Å². The van der Waals surface area contributed by atoms with Crippen LogP contribution < -0.4 is 0 Å². The number of aliphatic hydroxyl groups excluding tert-OH is 1. The second-order valence-corrected chi connectivity index (χ2v) is 8.22.